The Hall–Kier alpha value is -2.75. The number of hydrogen-bond donors (Lipinski definition) is 0. The molecule has 1 aliphatic carbocycles. The molecule has 0 amide bonds. The van der Waals surface area contributed by atoms with E-state index in [1.54, 1.807) is 11.8 Å². The maximum absolute atomic E-state index is 4.87. The van der Waals surface area contributed by atoms with Gasteiger partial charge in [-0.3, -0.25) is 4.68 Å². The second kappa shape index (κ2) is 6.40. The molecule has 0 radical (unpaired) electrons. The van der Waals surface area contributed by atoms with E-state index in [1.165, 1.54) is 12.8 Å². The van der Waals surface area contributed by atoms with Crippen molar-refractivity contribution in [3.63, 3.8) is 0 Å². The number of hydrogen-bond acceptors (Lipinski definition) is 8. The number of rotatable bonds is 5. The molecule has 1 saturated carbocycles. The van der Waals surface area contributed by atoms with Crippen LogP contribution in [0.1, 0.15) is 41.5 Å². The molecular formula is C18H20N8OS. The van der Waals surface area contributed by atoms with Crippen LogP contribution in [0.15, 0.2) is 15.9 Å². The predicted molar refractivity (Wildman–Crippen MR) is 104 cm³/mol. The molecule has 4 aromatic heterocycles. The Morgan fingerprint density at radius 2 is 1.96 bits per heavy atom. The fourth-order valence-electron chi connectivity index (χ4n) is 3.42. The summed E-state index contributed by atoms with van der Waals surface area (Å²) in [5.74, 6) is 2.00. The van der Waals surface area contributed by atoms with Gasteiger partial charge in [-0.15, -0.1) is 10.2 Å². The van der Waals surface area contributed by atoms with Crippen LogP contribution in [0.2, 0.25) is 0 Å². The van der Waals surface area contributed by atoms with Crippen LogP contribution in [0.25, 0.3) is 22.4 Å². The highest BCUT2D eigenvalue weighted by Crippen LogP contribution is 2.42. The minimum absolute atomic E-state index is 0.545. The zero-order valence-corrected chi connectivity index (χ0v) is 17.0. The van der Waals surface area contributed by atoms with Crippen molar-refractivity contribution < 1.29 is 4.63 Å². The number of nitrogens with zero attached hydrogens (tertiary/aromatic N) is 8. The van der Waals surface area contributed by atoms with Gasteiger partial charge in [-0.1, -0.05) is 22.1 Å². The molecule has 4 heterocycles. The number of aromatic nitrogens is 8. The predicted octanol–water partition coefficient (Wildman–Crippen LogP) is 2.93. The lowest BCUT2D eigenvalue weighted by atomic mass is 10.1. The third-order valence-electron chi connectivity index (χ3n) is 5.14. The van der Waals surface area contributed by atoms with Crippen molar-refractivity contribution in [2.24, 2.45) is 14.1 Å². The number of fused-ring (bicyclic) bond motifs is 1. The first-order valence-electron chi connectivity index (χ1n) is 9.17. The number of pyridine rings is 1. The summed E-state index contributed by atoms with van der Waals surface area (Å²) in [6.07, 6.45) is 2.39. The fraction of sp³-hybridized carbons (Fsp3) is 0.444. The van der Waals surface area contributed by atoms with Crippen LogP contribution in [-0.2, 0) is 19.8 Å². The van der Waals surface area contributed by atoms with Gasteiger partial charge in [0.1, 0.15) is 11.4 Å². The fourth-order valence-corrected chi connectivity index (χ4v) is 4.32. The van der Waals surface area contributed by atoms with Gasteiger partial charge in [0.05, 0.1) is 11.1 Å². The maximum atomic E-state index is 4.87. The van der Waals surface area contributed by atoms with E-state index in [0.717, 1.165) is 50.4 Å². The van der Waals surface area contributed by atoms with E-state index in [4.69, 9.17) is 9.61 Å². The average molecular weight is 396 g/mol. The first-order valence-corrected chi connectivity index (χ1v) is 10.2. The van der Waals surface area contributed by atoms with E-state index >= 15 is 0 Å². The van der Waals surface area contributed by atoms with Gasteiger partial charge in [0.25, 0.3) is 0 Å². The number of aryl methyl sites for hydroxylation is 3. The summed E-state index contributed by atoms with van der Waals surface area (Å²) in [5, 5.41) is 23.1. The molecule has 0 saturated heterocycles. The average Bonchev–Trinajstić information content (AvgIpc) is 3.27. The molecule has 0 bridgehead atoms. The molecule has 1 fully saturated rings. The second-order valence-corrected chi connectivity index (χ2v) is 8.17. The van der Waals surface area contributed by atoms with Crippen molar-refractivity contribution in [2.45, 2.75) is 43.5 Å². The van der Waals surface area contributed by atoms with Gasteiger partial charge >= 0.3 is 0 Å². The van der Waals surface area contributed by atoms with Gasteiger partial charge in [0.15, 0.2) is 16.6 Å². The minimum atomic E-state index is 0.545. The topological polar surface area (TPSA) is 100 Å². The van der Waals surface area contributed by atoms with Crippen LogP contribution in [0.5, 0.6) is 0 Å². The summed E-state index contributed by atoms with van der Waals surface area (Å²) in [5.41, 5.74) is 5.62. The van der Waals surface area contributed by atoms with Gasteiger partial charge in [0.2, 0.25) is 0 Å². The molecule has 0 aliphatic heterocycles. The van der Waals surface area contributed by atoms with Gasteiger partial charge < -0.3 is 4.57 Å². The molecule has 144 valence electrons. The first-order chi connectivity index (χ1) is 13.5. The van der Waals surface area contributed by atoms with Crippen molar-refractivity contribution in [1.29, 1.82) is 0 Å². The maximum Gasteiger partial charge on any atom is 0.191 e. The van der Waals surface area contributed by atoms with E-state index in [9.17, 15) is 0 Å². The smallest absolute Gasteiger partial charge is 0.191 e. The van der Waals surface area contributed by atoms with E-state index in [1.807, 2.05) is 37.2 Å². The summed E-state index contributed by atoms with van der Waals surface area (Å²) in [6, 6.07) is 2.17. The first kappa shape index (κ1) is 17.4. The Morgan fingerprint density at radius 1 is 1.14 bits per heavy atom. The monoisotopic (exact) mass is 396 g/mol. The Kier molecular flexibility index (Phi) is 3.97. The Morgan fingerprint density at radius 3 is 2.68 bits per heavy atom. The third-order valence-corrected chi connectivity index (χ3v) is 6.18. The lowest BCUT2D eigenvalue weighted by Crippen LogP contribution is -1.99. The van der Waals surface area contributed by atoms with E-state index < -0.39 is 0 Å². The molecule has 5 rings (SSSR count). The van der Waals surface area contributed by atoms with Crippen LogP contribution in [-0.4, -0.2) is 39.8 Å². The Balaban J connectivity index is 1.57. The van der Waals surface area contributed by atoms with Crippen molar-refractivity contribution in [3.8, 4) is 11.4 Å². The van der Waals surface area contributed by atoms with E-state index in [-0.39, 0.29) is 0 Å². The van der Waals surface area contributed by atoms with Gasteiger partial charge in [-0.25, -0.2) is 9.61 Å². The minimum Gasteiger partial charge on any atom is -0.305 e. The normalized spacial score (nSPS) is 14.3. The van der Waals surface area contributed by atoms with Crippen molar-refractivity contribution >= 4 is 22.8 Å². The molecule has 28 heavy (non-hydrogen) atoms. The molecule has 4 aromatic rings. The van der Waals surface area contributed by atoms with Gasteiger partial charge in [-0.2, -0.15) is 5.10 Å². The molecular weight excluding hydrogens is 376 g/mol. The summed E-state index contributed by atoms with van der Waals surface area (Å²) < 4.78 is 8.64. The van der Waals surface area contributed by atoms with E-state index in [2.05, 4.69) is 31.7 Å². The number of thioether (sulfide) groups is 1. The lowest BCUT2D eigenvalue weighted by Gasteiger charge is -2.08. The Labute approximate surface area is 165 Å². The Bertz CT molecular complexity index is 1190. The van der Waals surface area contributed by atoms with Crippen molar-refractivity contribution in [1.82, 2.24) is 39.8 Å². The van der Waals surface area contributed by atoms with Crippen LogP contribution in [0.4, 0.5) is 0 Å². The zero-order valence-electron chi connectivity index (χ0n) is 16.2. The van der Waals surface area contributed by atoms with Gasteiger partial charge in [-0.05, 0) is 32.8 Å². The molecule has 0 aromatic carbocycles. The van der Waals surface area contributed by atoms with Crippen LogP contribution >= 0.6 is 11.8 Å². The van der Waals surface area contributed by atoms with Gasteiger partial charge in [0, 0.05) is 37.0 Å². The highest BCUT2D eigenvalue weighted by Gasteiger charge is 2.28. The third kappa shape index (κ3) is 2.79. The summed E-state index contributed by atoms with van der Waals surface area (Å²) in [4.78, 5) is 4.87. The molecule has 10 heteroatoms. The lowest BCUT2D eigenvalue weighted by molar-refractivity contribution is 0.302. The largest absolute Gasteiger partial charge is 0.305 e. The van der Waals surface area contributed by atoms with Crippen LogP contribution < -0.4 is 0 Å². The van der Waals surface area contributed by atoms with Crippen molar-refractivity contribution in [3.05, 3.63) is 28.8 Å². The highest BCUT2D eigenvalue weighted by molar-refractivity contribution is 7.98. The van der Waals surface area contributed by atoms with Crippen molar-refractivity contribution in [2.75, 3.05) is 0 Å². The quantitative estimate of drug-likeness (QED) is 0.475. The molecule has 0 spiro atoms. The SMILES string of the molecule is Cc1nonc1CSc1nnc(-c2cc(C3CC3)nc3c2c(C)nn3C)n1C. The standard InChI is InChI=1S/C18H20N8OS/c1-9-14(24-27-23-9)8-28-18-21-20-16(25(18)3)12-7-13(11-5-6-11)19-17-15(12)10(2)22-26(17)4/h7,11H,5-6,8H2,1-4H3. The van der Waals surface area contributed by atoms with E-state index in [0.29, 0.717) is 11.7 Å². The van der Waals surface area contributed by atoms with Crippen LogP contribution in [0.3, 0.4) is 0 Å². The second-order valence-electron chi connectivity index (χ2n) is 7.23. The summed E-state index contributed by atoms with van der Waals surface area (Å²) >= 11 is 1.56. The summed E-state index contributed by atoms with van der Waals surface area (Å²) in [7, 11) is 3.93. The molecule has 0 unspecified atom stereocenters. The molecule has 9 nitrogen and oxygen atoms in total. The van der Waals surface area contributed by atoms with Crippen LogP contribution in [0, 0.1) is 13.8 Å². The molecule has 0 atom stereocenters. The highest BCUT2D eigenvalue weighted by atomic mass is 32.2. The summed E-state index contributed by atoms with van der Waals surface area (Å²) in [6.45, 7) is 3.89. The molecule has 1 aliphatic rings. The zero-order chi connectivity index (χ0) is 19.4. The molecule has 0 N–H and O–H groups in total.